The second-order valence-corrected chi connectivity index (χ2v) is 4.27. The Morgan fingerprint density at radius 2 is 1.94 bits per heavy atom. The highest BCUT2D eigenvalue weighted by atomic mass is 19.4. The van der Waals surface area contributed by atoms with E-state index in [0.717, 1.165) is 12.1 Å². The molecule has 1 aliphatic carbocycles. The van der Waals surface area contributed by atoms with E-state index < -0.39 is 17.7 Å². The van der Waals surface area contributed by atoms with Gasteiger partial charge in [-0.3, -0.25) is 4.79 Å². The third-order valence-corrected chi connectivity index (χ3v) is 2.89. The van der Waals surface area contributed by atoms with Gasteiger partial charge in [-0.1, -0.05) is 0 Å². The molecular formula is C12H11F3O3. The highest BCUT2D eigenvalue weighted by Gasteiger charge is 2.43. The maximum Gasteiger partial charge on any atom is 0.416 e. The van der Waals surface area contributed by atoms with Gasteiger partial charge in [0.25, 0.3) is 0 Å². The average molecular weight is 260 g/mol. The van der Waals surface area contributed by atoms with E-state index in [1.54, 1.807) is 0 Å². The molecule has 2 atom stereocenters. The quantitative estimate of drug-likeness (QED) is 0.905. The fraction of sp³-hybridized carbons (Fsp3) is 0.417. The van der Waals surface area contributed by atoms with Crippen LogP contribution in [-0.2, 0) is 11.0 Å². The molecule has 0 bridgehead atoms. The lowest BCUT2D eigenvalue weighted by Crippen LogP contribution is -2.07. The van der Waals surface area contributed by atoms with Crippen LogP contribution in [0.3, 0.4) is 0 Å². The van der Waals surface area contributed by atoms with Gasteiger partial charge in [0, 0.05) is 5.92 Å². The first kappa shape index (κ1) is 12.7. The number of rotatable bonds is 4. The summed E-state index contributed by atoms with van der Waals surface area (Å²) >= 11 is 0. The first-order valence-electron chi connectivity index (χ1n) is 5.41. The molecule has 1 N–H and O–H groups in total. The van der Waals surface area contributed by atoms with Crippen LogP contribution < -0.4 is 4.74 Å². The minimum Gasteiger partial charge on any atom is -0.493 e. The van der Waals surface area contributed by atoms with Crippen LogP contribution in [0.2, 0.25) is 0 Å². The number of carboxylic acids is 1. The number of alkyl halides is 3. The molecule has 1 aromatic carbocycles. The van der Waals surface area contributed by atoms with Gasteiger partial charge < -0.3 is 9.84 Å². The Bertz CT molecular complexity index is 439. The number of hydrogen-bond acceptors (Lipinski definition) is 2. The summed E-state index contributed by atoms with van der Waals surface area (Å²) < 4.78 is 42.1. The second-order valence-electron chi connectivity index (χ2n) is 4.27. The molecule has 0 radical (unpaired) electrons. The van der Waals surface area contributed by atoms with Gasteiger partial charge in [-0.15, -0.1) is 0 Å². The fourth-order valence-corrected chi connectivity index (χ4v) is 1.68. The summed E-state index contributed by atoms with van der Waals surface area (Å²) in [6, 6.07) is 4.36. The molecule has 0 amide bonds. The van der Waals surface area contributed by atoms with Gasteiger partial charge in [-0.25, -0.2) is 0 Å². The van der Waals surface area contributed by atoms with Crippen LogP contribution in [0.1, 0.15) is 12.0 Å². The predicted molar refractivity (Wildman–Crippen MR) is 56.2 cm³/mol. The monoisotopic (exact) mass is 260 g/mol. The topological polar surface area (TPSA) is 46.5 Å². The van der Waals surface area contributed by atoms with E-state index in [4.69, 9.17) is 9.84 Å². The van der Waals surface area contributed by atoms with Crippen LogP contribution in [0.15, 0.2) is 24.3 Å². The van der Waals surface area contributed by atoms with Crippen LogP contribution in [0.25, 0.3) is 0 Å². The van der Waals surface area contributed by atoms with Crippen molar-refractivity contribution in [3.63, 3.8) is 0 Å². The lowest BCUT2D eigenvalue weighted by atomic mass is 10.2. The van der Waals surface area contributed by atoms with Crippen molar-refractivity contribution in [2.75, 3.05) is 6.61 Å². The Balaban J connectivity index is 1.86. The number of hydrogen-bond donors (Lipinski definition) is 1. The molecule has 6 heteroatoms. The summed E-state index contributed by atoms with van der Waals surface area (Å²) in [5.74, 6) is -0.945. The zero-order valence-electron chi connectivity index (χ0n) is 9.28. The molecule has 1 aromatic rings. The van der Waals surface area contributed by atoms with Crippen LogP contribution in [0.5, 0.6) is 5.75 Å². The molecule has 2 unspecified atom stereocenters. The van der Waals surface area contributed by atoms with E-state index in [1.165, 1.54) is 12.1 Å². The van der Waals surface area contributed by atoms with E-state index >= 15 is 0 Å². The molecule has 98 valence electrons. The third kappa shape index (κ3) is 2.94. The predicted octanol–water partition coefficient (Wildman–Crippen LogP) is 2.80. The van der Waals surface area contributed by atoms with Crippen molar-refractivity contribution in [2.45, 2.75) is 12.6 Å². The summed E-state index contributed by atoms with van der Waals surface area (Å²) in [7, 11) is 0. The number of ether oxygens (including phenoxy) is 1. The smallest absolute Gasteiger partial charge is 0.416 e. The van der Waals surface area contributed by atoms with E-state index in [-0.39, 0.29) is 18.4 Å². The molecule has 2 rings (SSSR count). The Hall–Kier alpha value is -1.72. The van der Waals surface area contributed by atoms with Gasteiger partial charge >= 0.3 is 12.1 Å². The van der Waals surface area contributed by atoms with Crippen molar-refractivity contribution >= 4 is 5.97 Å². The van der Waals surface area contributed by atoms with Crippen molar-refractivity contribution in [1.82, 2.24) is 0 Å². The number of aliphatic carboxylic acids is 1. The van der Waals surface area contributed by atoms with E-state index in [0.29, 0.717) is 12.2 Å². The molecular weight excluding hydrogens is 249 g/mol. The third-order valence-electron chi connectivity index (χ3n) is 2.89. The van der Waals surface area contributed by atoms with Crippen molar-refractivity contribution in [1.29, 1.82) is 0 Å². The highest BCUT2D eigenvalue weighted by molar-refractivity contribution is 5.73. The van der Waals surface area contributed by atoms with Gasteiger partial charge in [0.1, 0.15) is 5.75 Å². The van der Waals surface area contributed by atoms with Crippen LogP contribution in [0, 0.1) is 11.8 Å². The van der Waals surface area contributed by atoms with Gasteiger partial charge in [0.15, 0.2) is 0 Å². The maximum absolute atomic E-state index is 12.3. The second kappa shape index (κ2) is 4.51. The highest BCUT2D eigenvalue weighted by Crippen LogP contribution is 2.39. The summed E-state index contributed by atoms with van der Waals surface area (Å²) in [5.41, 5.74) is -0.732. The van der Waals surface area contributed by atoms with Gasteiger partial charge in [-0.05, 0) is 30.7 Å². The largest absolute Gasteiger partial charge is 0.493 e. The average Bonchev–Trinajstić information content (AvgIpc) is 3.05. The summed E-state index contributed by atoms with van der Waals surface area (Å²) in [6.07, 6.45) is -3.79. The molecule has 0 aromatic heterocycles. The standard InChI is InChI=1S/C12H11F3O3/c13-12(14,15)8-1-3-9(4-2-8)18-6-7-5-10(7)11(16)17/h1-4,7,10H,5-6H2,(H,16,17). The van der Waals surface area contributed by atoms with E-state index in [2.05, 4.69) is 0 Å². The normalized spacial score (nSPS) is 22.6. The van der Waals surface area contributed by atoms with Crippen LogP contribution >= 0.6 is 0 Å². The van der Waals surface area contributed by atoms with Crippen molar-refractivity contribution in [3.05, 3.63) is 29.8 Å². The van der Waals surface area contributed by atoms with Crippen molar-refractivity contribution in [2.24, 2.45) is 11.8 Å². The molecule has 0 saturated heterocycles. The van der Waals surface area contributed by atoms with Crippen LogP contribution in [-0.4, -0.2) is 17.7 Å². The molecule has 3 nitrogen and oxygen atoms in total. The van der Waals surface area contributed by atoms with E-state index in [1.807, 2.05) is 0 Å². The van der Waals surface area contributed by atoms with Gasteiger partial charge in [-0.2, -0.15) is 13.2 Å². The number of carboxylic acid groups (broad SMARTS) is 1. The minimum absolute atomic E-state index is 0.0372. The van der Waals surface area contributed by atoms with E-state index in [9.17, 15) is 18.0 Å². The zero-order chi connectivity index (χ0) is 13.3. The van der Waals surface area contributed by atoms with Crippen molar-refractivity contribution < 1.29 is 27.8 Å². The molecule has 0 heterocycles. The first-order valence-corrected chi connectivity index (χ1v) is 5.41. The SMILES string of the molecule is O=C(O)C1CC1COc1ccc(C(F)(F)F)cc1. The first-order chi connectivity index (χ1) is 8.38. The van der Waals surface area contributed by atoms with Gasteiger partial charge in [0.05, 0.1) is 18.1 Å². The Morgan fingerprint density at radius 3 is 2.39 bits per heavy atom. The number of benzene rings is 1. The number of carbonyl (C=O) groups is 1. The Morgan fingerprint density at radius 1 is 1.33 bits per heavy atom. The van der Waals surface area contributed by atoms with Crippen LogP contribution in [0.4, 0.5) is 13.2 Å². The molecule has 18 heavy (non-hydrogen) atoms. The minimum atomic E-state index is -4.36. The molecule has 1 aliphatic rings. The Labute approximate surface area is 101 Å². The molecule has 0 spiro atoms. The van der Waals surface area contributed by atoms with Gasteiger partial charge in [0.2, 0.25) is 0 Å². The lowest BCUT2D eigenvalue weighted by Gasteiger charge is -2.08. The summed E-state index contributed by atoms with van der Waals surface area (Å²) in [5, 5.41) is 8.67. The Kier molecular flexibility index (Phi) is 3.19. The molecule has 1 fully saturated rings. The van der Waals surface area contributed by atoms with Crippen molar-refractivity contribution in [3.8, 4) is 5.75 Å². The summed E-state index contributed by atoms with van der Waals surface area (Å²) in [6.45, 7) is 0.225. The zero-order valence-corrected chi connectivity index (χ0v) is 9.28. The number of halogens is 3. The molecule has 1 saturated carbocycles. The fourth-order valence-electron chi connectivity index (χ4n) is 1.68. The lowest BCUT2D eigenvalue weighted by molar-refractivity contribution is -0.139. The summed E-state index contributed by atoms with van der Waals surface area (Å²) in [4.78, 5) is 10.6. The molecule has 0 aliphatic heterocycles. The maximum atomic E-state index is 12.3.